The fourth-order valence-corrected chi connectivity index (χ4v) is 10.7. The highest BCUT2D eigenvalue weighted by Crippen LogP contribution is 2.48. The quantitative estimate of drug-likeness (QED) is 0.122. The van der Waals surface area contributed by atoms with Crippen LogP contribution in [0.25, 0.3) is 44.7 Å². The van der Waals surface area contributed by atoms with Gasteiger partial charge in [0.25, 0.3) is 0 Å². The van der Waals surface area contributed by atoms with Crippen LogP contribution in [0.2, 0.25) is 0 Å². The zero-order valence-corrected chi connectivity index (χ0v) is 40.1. The third-order valence-electron chi connectivity index (χ3n) is 12.5. The molecule has 14 nitrogen and oxygen atoms in total. The van der Waals surface area contributed by atoms with E-state index in [0.717, 1.165) is 57.7 Å². The van der Waals surface area contributed by atoms with Gasteiger partial charge in [-0.05, 0) is 88.1 Å². The molecular weight excluding hydrogens is 858 g/mol. The van der Waals surface area contributed by atoms with Gasteiger partial charge in [-0.1, -0.05) is 47.6 Å². The van der Waals surface area contributed by atoms with E-state index in [1.54, 1.807) is 40.5 Å². The summed E-state index contributed by atoms with van der Waals surface area (Å²) in [5.74, 6) is 0.862. The number of carbonyl (C=O) groups excluding carboxylic acids is 3. The largest absolute Gasteiger partial charge is 0.464 e. The smallest absolute Gasteiger partial charge is 0.410 e. The minimum Gasteiger partial charge on any atom is -0.464 e. The fraction of sp³-hybridized carbons (Fsp3) is 0.480. The lowest BCUT2D eigenvalue weighted by Crippen LogP contribution is -2.51. The van der Waals surface area contributed by atoms with E-state index in [1.165, 1.54) is 6.07 Å². The Morgan fingerprint density at radius 2 is 1.56 bits per heavy atom. The molecule has 9 rings (SSSR count). The molecule has 4 atom stereocenters. The molecule has 66 heavy (non-hydrogen) atoms. The predicted octanol–water partition coefficient (Wildman–Crippen LogP) is 10.5. The van der Waals surface area contributed by atoms with Crippen molar-refractivity contribution >= 4 is 40.1 Å². The van der Waals surface area contributed by atoms with Crippen LogP contribution in [-0.4, -0.2) is 81.9 Å². The average molecular weight is 918 g/mol. The summed E-state index contributed by atoms with van der Waals surface area (Å²) in [5.41, 5.74) is 4.17. The first-order valence-corrected chi connectivity index (χ1v) is 24.0. The molecule has 1 unspecified atom stereocenters. The van der Waals surface area contributed by atoms with E-state index < -0.39 is 23.7 Å². The van der Waals surface area contributed by atoms with Gasteiger partial charge in [-0.25, -0.2) is 24.1 Å². The summed E-state index contributed by atoms with van der Waals surface area (Å²) in [6.45, 7) is 18.9. The van der Waals surface area contributed by atoms with Crippen LogP contribution in [0.15, 0.2) is 55.0 Å². The second-order valence-electron chi connectivity index (χ2n) is 20.4. The SMILES string of the molecule is CCC(=O)N[C@H](C(=O)N1CCC[C@H]1c1ncc(-c2cc(F)c3c(c2)OC(c2cnc(CC(C)(C)C)s2)n2c-3cc3cc(-c4cnc([C@@H]5CCCN5C(=O)OC(C)(C)C)[nH]4)ccc32)[nH]1)C(C)C. The summed E-state index contributed by atoms with van der Waals surface area (Å²) in [6, 6.07) is 10.3. The van der Waals surface area contributed by atoms with Crippen molar-refractivity contribution in [1.82, 2.24) is 44.6 Å². The van der Waals surface area contributed by atoms with Gasteiger partial charge in [-0.15, -0.1) is 11.3 Å². The van der Waals surface area contributed by atoms with Crippen molar-refractivity contribution < 1.29 is 28.2 Å². The molecule has 6 aromatic rings. The number of fused-ring (bicyclic) bond motifs is 5. The molecule has 2 aromatic carbocycles. The van der Waals surface area contributed by atoms with E-state index in [0.29, 0.717) is 65.8 Å². The molecule has 7 heterocycles. The number of carbonyl (C=O) groups is 3. The summed E-state index contributed by atoms with van der Waals surface area (Å²) in [5, 5.41) is 4.80. The zero-order valence-electron chi connectivity index (χ0n) is 39.3. The minimum atomic E-state index is -0.642. The Morgan fingerprint density at radius 3 is 2.21 bits per heavy atom. The number of hydrogen-bond donors (Lipinski definition) is 3. The van der Waals surface area contributed by atoms with Crippen LogP contribution in [0.5, 0.6) is 5.75 Å². The van der Waals surface area contributed by atoms with Gasteiger partial charge in [0.2, 0.25) is 18.0 Å². The van der Waals surface area contributed by atoms with Gasteiger partial charge in [0, 0.05) is 48.6 Å². The lowest BCUT2D eigenvalue weighted by molar-refractivity contribution is -0.138. The minimum absolute atomic E-state index is 0.0278. The zero-order chi connectivity index (χ0) is 46.8. The monoisotopic (exact) mass is 917 g/mol. The van der Waals surface area contributed by atoms with E-state index in [-0.39, 0.29) is 41.3 Å². The van der Waals surface area contributed by atoms with E-state index in [4.69, 9.17) is 24.4 Å². The Kier molecular flexibility index (Phi) is 11.8. The van der Waals surface area contributed by atoms with Crippen molar-refractivity contribution in [2.24, 2.45) is 11.3 Å². The maximum Gasteiger partial charge on any atom is 0.410 e. The number of benzene rings is 2. The summed E-state index contributed by atoms with van der Waals surface area (Å²) in [4.78, 5) is 65.0. The third kappa shape index (κ3) is 8.83. The van der Waals surface area contributed by atoms with Gasteiger partial charge >= 0.3 is 6.09 Å². The fourth-order valence-electron chi connectivity index (χ4n) is 9.44. The van der Waals surface area contributed by atoms with Crippen LogP contribution in [0.1, 0.15) is 134 Å². The molecule has 0 bridgehead atoms. The van der Waals surface area contributed by atoms with E-state index in [2.05, 4.69) is 46.7 Å². The van der Waals surface area contributed by atoms with E-state index in [1.807, 2.05) is 65.1 Å². The molecule has 348 valence electrons. The second kappa shape index (κ2) is 17.3. The molecule has 3 N–H and O–H groups in total. The van der Waals surface area contributed by atoms with E-state index in [9.17, 15) is 14.4 Å². The third-order valence-corrected chi connectivity index (χ3v) is 13.6. The van der Waals surface area contributed by atoms with E-state index >= 15 is 4.39 Å². The molecule has 0 spiro atoms. The lowest BCUT2D eigenvalue weighted by atomic mass is 9.93. The van der Waals surface area contributed by atoms with Crippen LogP contribution in [0.4, 0.5) is 9.18 Å². The molecule has 3 amide bonds. The summed E-state index contributed by atoms with van der Waals surface area (Å²) in [7, 11) is 0. The van der Waals surface area contributed by atoms with Crippen LogP contribution >= 0.6 is 11.3 Å². The number of rotatable bonds is 10. The van der Waals surface area contributed by atoms with Crippen LogP contribution < -0.4 is 10.1 Å². The molecule has 0 saturated carbocycles. The highest BCUT2D eigenvalue weighted by atomic mass is 32.1. The molecule has 2 saturated heterocycles. The number of likely N-dealkylation sites (tertiary alicyclic amines) is 2. The first-order chi connectivity index (χ1) is 31.4. The van der Waals surface area contributed by atoms with Gasteiger partial charge < -0.3 is 29.7 Å². The van der Waals surface area contributed by atoms with Crippen molar-refractivity contribution in [3.63, 3.8) is 0 Å². The predicted molar refractivity (Wildman–Crippen MR) is 252 cm³/mol. The van der Waals surface area contributed by atoms with Crippen molar-refractivity contribution in [1.29, 1.82) is 0 Å². The van der Waals surface area contributed by atoms with Crippen LogP contribution in [0, 0.1) is 17.2 Å². The van der Waals surface area contributed by atoms with Crippen molar-refractivity contribution in [2.45, 2.75) is 131 Å². The number of nitrogens with one attached hydrogen (secondary N) is 3. The summed E-state index contributed by atoms with van der Waals surface area (Å²) < 4.78 is 31.6. The Labute approximate surface area is 388 Å². The number of H-pyrrole nitrogens is 2. The Hall–Kier alpha value is -6.03. The Morgan fingerprint density at radius 1 is 0.894 bits per heavy atom. The Balaban J connectivity index is 1.05. The summed E-state index contributed by atoms with van der Waals surface area (Å²) in [6.07, 6.45) is 8.60. The highest BCUT2D eigenvalue weighted by molar-refractivity contribution is 7.11. The highest BCUT2D eigenvalue weighted by Gasteiger charge is 2.39. The standard InChI is InChI=1S/C50H60FN9O5S/c1-10-40(61)57-43(27(2)3)46(62)58-17-11-13-35(58)44-54-25-33(56-44)29-20-31(51)42-37-21-30-19-28(32-24-53-45(55-32)36-14-12-18-59(36)48(63)65-50(7,8)9)15-16-34(30)60(37)47(64-38(42)22-29)39-26-52-41(66-39)23-49(4,5)6/h15-16,19-22,24-27,35-36,43,47H,10-14,17-18,23H2,1-9H3,(H,53,55)(H,54,56)(H,57,61)/t35-,36-,43-,47?/m0/s1. The van der Waals surface area contributed by atoms with Gasteiger partial charge in [-0.3, -0.25) is 19.1 Å². The van der Waals surface area contributed by atoms with Gasteiger partial charge in [0.1, 0.15) is 34.9 Å². The van der Waals surface area contributed by atoms with Crippen LogP contribution in [0.3, 0.4) is 0 Å². The number of nitrogens with zero attached hydrogens (tertiary/aromatic N) is 6. The number of ether oxygens (including phenoxy) is 2. The average Bonchev–Trinajstić information content (AvgIpc) is 4.10. The Bertz CT molecular complexity index is 2810. The number of amides is 3. The molecule has 4 aromatic heterocycles. The molecule has 0 aliphatic carbocycles. The number of hydrogen-bond acceptors (Lipinski definition) is 9. The van der Waals surface area contributed by atoms with Crippen molar-refractivity contribution in [3.8, 4) is 39.5 Å². The molecular formula is C50H60FN9O5S. The molecule has 3 aliphatic heterocycles. The molecule has 2 fully saturated rings. The van der Waals surface area contributed by atoms with Gasteiger partial charge in [0.15, 0.2) is 0 Å². The van der Waals surface area contributed by atoms with Gasteiger partial charge in [0.05, 0.1) is 62.5 Å². The van der Waals surface area contributed by atoms with Gasteiger partial charge in [-0.2, -0.15) is 0 Å². The normalized spacial score (nSPS) is 19.0. The number of aromatic nitrogens is 6. The number of halogens is 1. The maximum absolute atomic E-state index is 16.9. The second-order valence-corrected chi connectivity index (χ2v) is 21.5. The number of thiazole rings is 1. The topological polar surface area (TPSA) is 163 Å². The van der Waals surface area contributed by atoms with Crippen LogP contribution in [-0.2, 0) is 20.7 Å². The summed E-state index contributed by atoms with van der Waals surface area (Å²) >= 11 is 1.60. The molecule has 0 radical (unpaired) electrons. The van der Waals surface area contributed by atoms with Crippen molar-refractivity contribution in [3.05, 3.63) is 82.3 Å². The lowest BCUT2D eigenvalue weighted by Gasteiger charge is -2.30. The number of aromatic amines is 2. The first-order valence-electron chi connectivity index (χ1n) is 23.2. The first kappa shape index (κ1) is 45.1. The molecule has 16 heteroatoms. The molecule has 3 aliphatic rings. The maximum atomic E-state index is 16.9. The van der Waals surface area contributed by atoms with Crippen molar-refractivity contribution in [2.75, 3.05) is 13.1 Å². The number of imidazole rings is 2.